The summed E-state index contributed by atoms with van der Waals surface area (Å²) in [6, 6.07) is -0.310. The molecule has 0 bridgehead atoms. The van der Waals surface area contributed by atoms with Gasteiger partial charge in [0, 0.05) is 6.04 Å². The minimum Gasteiger partial charge on any atom is -0.481 e. The maximum atomic E-state index is 11.1. The first kappa shape index (κ1) is 14.9. The first-order valence-electron chi connectivity index (χ1n) is 5.70. The van der Waals surface area contributed by atoms with Gasteiger partial charge in [0.15, 0.2) is 0 Å². The van der Waals surface area contributed by atoms with Crippen LogP contribution in [0.5, 0.6) is 0 Å². The van der Waals surface area contributed by atoms with Crippen molar-refractivity contribution < 1.29 is 14.7 Å². The van der Waals surface area contributed by atoms with Crippen LogP contribution in [0.25, 0.3) is 0 Å². The number of hydrogen-bond acceptors (Lipinski definition) is 3. The van der Waals surface area contributed by atoms with E-state index in [0.717, 1.165) is 12.8 Å². The van der Waals surface area contributed by atoms with Crippen LogP contribution in [0.15, 0.2) is 0 Å². The molecule has 0 radical (unpaired) electrons. The van der Waals surface area contributed by atoms with Gasteiger partial charge in [0.2, 0.25) is 5.91 Å². The molecule has 16 heavy (non-hydrogen) atoms. The quantitative estimate of drug-likeness (QED) is 0.573. The van der Waals surface area contributed by atoms with Gasteiger partial charge < -0.3 is 16.2 Å². The van der Waals surface area contributed by atoms with E-state index in [1.54, 1.807) is 0 Å². The van der Waals surface area contributed by atoms with Crippen molar-refractivity contribution in [2.75, 3.05) is 6.54 Å². The van der Waals surface area contributed by atoms with E-state index in [2.05, 4.69) is 19.2 Å². The number of carboxylic acids is 1. The van der Waals surface area contributed by atoms with Gasteiger partial charge >= 0.3 is 5.97 Å². The summed E-state index contributed by atoms with van der Waals surface area (Å²) in [6.45, 7) is 4.05. The van der Waals surface area contributed by atoms with Crippen molar-refractivity contribution in [3.8, 4) is 0 Å². The van der Waals surface area contributed by atoms with Crippen LogP contribution in [0.1, 0.15) is 39.5 Å². The first-order valence-corrected chi connectivity index (χ1v) is 5.70. The van der Waals surface area contributed by atoms with Crippen LogP contribution in [0.4, 0.5) is 0 Å². The minimum atomic E-state index is -0.897. The maximum absolute atomic E-state index is 11.1. The van der Waals surface area contributed by atoms with E-state index >= 15 is 0 Å². The van der Waals surface area contributed by atoms with Gasteiger partial charge in [-0.3, -0.25) is 9.59 Å². The van der Waals surface area contributed by atoms with Crippen LogP contribution in [-0.2, 0) is 9.59 Å². The van der Waals surface area contributed by atoms with E-state index in [-0.39, 0.29) is 24.9 Å². The molecule has 0 aromatic carbocycles. The van der Waals surface area contributed by atoms with Crippen molar-refractivity contribution >= 4 is 11.9 Å². The summed E-state index contributed by atoms with van der Waals surface area (Å²) in [7, 11) is 0. The number of rotatable bonds is 8. The molecule has 0 fully saturated rings. The Bertz CT molecular complexity index is 231. The Morgan fingerprint density at radius 2 is 2.06 bits per heavy atom. The Morgan fingerprint density at radius 1 is 1.44 bits per heavy atom. The smallest absolute Gasteiger partial charge is 0.305 e. The molecule has 0 aliphatic rings. The summed E-state index contributed by atoms with van der Waals surface area (Å²) >= 11 is 0. The molecule has 94 valence electrons. The third kappa shape index (κ3) is 7.23. The molecule has 4 N–H and O–H groups in total. The lowest BCUT2D eigenvalue weighted by atomic mass is 9.95. The summed E-state index contributed by atoms with van der Waals surface area (Å²) in [5, 5.41) is 11.4. The number of carbonyl (C=O) groups excluding carboxylic acids is 1. The van der Waals surface area contributed by atoms with Crippen LogP contribution in [-0.4, -0.2) is 29.6 Å². The van der Waals surface area contributed by atoms with Crippen molar-refractivity contribution in [2.24, 2.45) is 11.7 Å². The molecule has 0 unspecified atom stereocenters. The van der Waals surface area contributed by atoms with Crippen LogP contribution in [0, 0.1) is 5.92 Å². The van der Waals surface area contributed by atoms with Crippen molar-refractivity contribution in [3.63, 3.8) is 0 Å². The van der Waals surface area contributed by atoms with Crippen molar-refractivity contribution in [3.05, 3.63) is 0 Å². The second-order valence-electron chi connectivity index (χ2n) is 4.20. The average Bonchev–Trinajstić information content (AvgIpc) is 2.16. The van der Waals surface area contributed by atoms with Gasteiger partial charge in [0.1, 0.15) is 0 Å². The summed E-state index contributed by atoms with van der Waals surface area (Å²) in [6.07, 6.45) is 2.74. The Morgan fingerprint density at radius 3 is 2.50 bits per heavy atom. The monoisotopic (exact) mass is 230 g/mol. The van der Waals surface area contributed by atoms with Gasteiger partial charge in [-0.2, -0.15) is 0 Å². The SMILES string of the molecule is CCC[C@@H](C)C[C@@H](CC(=O)O)NC(=O)CN. The fourth-order valence-electron chi connectivity index (χ4n) is 1.79. The van der Waals surface area contributed by atoms with E-state index in [1.807, 2.05) is 0 Å². The molecule has 0 aliphatic heterocycles. The molecule has 0 spiro atoms. The third-order valence-electron chi connectivity index (χ3n) is 2.44. The topological polar surface area (TPSA) is 92.4 Å². The van der Waals surface area contributed by atoms with Gasteiger partial charge in [-0.15, -0.1) is 0 Å². The Balaban J connectivity index is 4.19. The molecule has 0 heterocycles. The molecule has 2 atom stereocenters. The van der Waals surface area contributed by atoms with E-state index in [4.69, 9.17) is 10.8 Å². The van der Waals surface area contributed by atoms with E-state index in [1.165, 1.54) is 0 Å². The summed E-state index contributed by atoms with van der Waals surface area (Å²) in [4.78, 5) is 21.8. The molecule has 0 saturated carbocycles. The average molecular weight is 230 g/mol. The summed E-state index contributed by atoms with van der Waals surface area (Å²) < 4.78 is 0. The zero-order valence-corrected chi connectivity index (χ0v) is 10.0. The number of carbonyl (C=O) groups is 2. The number of nitrogens with two attached hydrogens (primary N) is 1. The zero-order chi connectivity index (χ0) is 12.6. The Labute approximate surface area is 96.4 Å². The molecule has 0 saturated heterocycles. The van der Waals surface area contributed by atoms with Gasteiger partial charge in [-0.05, 0) is 12.3 Å². The van der Waals surface area contributed by atoms with Gasteiger partial charge in [-0.25, -0.2) is 0 Å². The lowest BCUT2D eigenvalue weighted by molar-refractivity contribution is -0.137. The second-order valence-corrected chi connectivity index (χ2v) is 4.20. The molecule has 5 nitrogen and oxygen atoms in total. The number of carboxylic acid groups (broad SMARTS) is 1. The van der Waals surface area contributed by atoms with Gasteiger partial charge in [0.05, 0.1) is 13.0 Å². The molecule has 0 aliphatic carbocycles. The number of nitrogens with one attached hydrogen (secondary N) is 1. The van der Waals surface area contributed by atoms with Gasteiger partial charge in [0.25, 0.3) is 0 Å². The summed E-state index contributed by atoms with van der Waals surface area (Å²) in [5.74, 6) is -0.784. The number of aliphatic carboxylic acids is 1. The van der Waals surface area contributed by atoms with Crippen molar-refractivity contribution in [2.45, 2.75) is 45.6 Å². The van der Waals surface area contributed by atoms with Crippen LogP contribution < -0.4 is 11.1 Å². The highest BCUT2D eigenvalue weighted by molar-refractivity contribution is 5.79. The van der Waals surface area contributed by atoms with E-state index in [0.29, 0.717) is 12.3 Å². The van der Waals surface area contributed by atoms with Crippen LogP contribution in [0.2, 0.25) is 0 Å². The molecule has 1 amide bonds. The van der Waals surface area contributed by atoms with Crippen molar-refractivity contribution in [1.29, 1.82) is 0 Å². The number of hydrogen-bond donors (Lipinski definition) is 3. The highest BCUT2D eigenvalue weighted by atomic mass is 16.4. The lowest BCUT2D eigenvalue weighted by Gasteiger charge is -2.20. The van der Waals surface area contributed by atoms with Crippen LogP contribution in [0.3, 0.4) is 0 Å². The Kier molecular flexibility index (Phi) is 7.54. The molecule has 0 rings (SSSR count). The molecule has 0 aromatic rings. The standard InChI is InChI=1S/C11H22N2O3/c1-3-4-8(2)5-9(6-11(15)16)13-10(14)7-12/h8-9H,3-7,12H2,1-2H3,(H,13,14)(H,15,16)/t8-,9+/m1/s1. The maximum Gasteiger partial charge on any atom is 0.305 e. The van der Waals surface area contributed by atoms with Gasteiger partial charge in [-0.1, -0.05) is 26.7 Å². The predicted octanol–water partition coefficient (Wildman–Crippen LogP) is 0.731. The number of amides is 1. The predicted molar refractivity (Wildman–Crippen MR) is 61.9 cm³/mol. The fourth-order valence-corrected chi connectivity index (χ4v) is 1.79. The zero-order valence-electron chi connectivity index (χ0n) is 10.0. The summed E-state index contributed by atoms with van der Waals surface area (Å²) in [5.41, 5.74) is 5.18. The highest BCUT2D eigenvalue weighted by Gasteiger charge is 2.17. The van der Waals surface area contributed by atoms with E-state index < -0.39 is 5.97 Å². The fraction of sp³-hybridized carbons (Fsp3) is 0.818. The normalized spacial score (nSPS) is 14.2. The first-order chi connectivity index (χ1) is 7.49. The lowest BCUT2D eigenvalue weighted by Crippen LogP contribution is -2.40. The highest BCUT2D eigenvalue weighted by Crippen LogP contribution is 2.14. The second kappa shape index (κ2) is 8.10. The largest absolute Gasteiger partial charge is 0.481 e. The Hall–Kier alpha value is -1.10. The molecule has 5 heteroatoms. The molecule has 0 aromatic heterocycles. The van der Waals surface area contributed by atoms with Crippen LogP contribution >= 0.6 is 0 Å². The molecular weight excluding hydrogens is 208 g/mol. The third-order valence-corrected chi connectivity index (χ3v) is 2.44. The minimum absolute atomic E-state index is 0.0419. The van der Waals surface area contributed by atoms with Crippen molar-refractivity contribution in [1.82, 2.24) is 5.32 Å². The van der Waals surface area contributed by atoms with E-state index in [9.17, 15) is 9.59 Å². The molecular formula is C11H22N2O3.